The smallest absolute Gasteiger partial charge is 0.0712 e. The summed E-state index contributed by atoms with van der Waals surface area (Å²) >= 11 is 3.48. The molecular formula is C7H13BrO. The topological polar surface area (TPSA) is 9.23 Å². The van der Waals surface area contributed by atoms with E-state index in [9.17, 15) is 0 Å². The zero-order valence-corrected chi connectivity index (χ0v) is 7.36. The highest BCUT2D eigenvalue weighted by Crippen LogP contribution is 2.32. The molecule has 0 N–H and O–H groups in total. The molecule has 0 heterocycles. The van der Waals surface area contributed by atoms with Gasteiger partial charge in [0, 0.05) is 11.4 Å². The Morgan fingerprint density at radius 2 is 2.33 bits per heavy atom. The summed E-state index contributed by atoms with van der Waals surface area (Å²) in [5.74, 6) is 0. The monoisotopic (exact) mass is 192 g/mol. The number of hydrogen-bond donors (Lipinski definition) is 0. The van der Waals surface area contributed by atoms with Crippen LogP contribution in [0.3, 0.4) is 0 Å². The molecule has 0 aromatic rings. The molecule has 0 saturated heterocycles. The van der Waals surface area contributed by atoms with Gasteiger partial charge in [0.1, 0.15) is 0 Å². The van der Waals surface area contributed by atoms with E-state index in [2.05, 4.69) is 22.9 Å². The molecule has 2 heteroatoms. The lowest BCUT2D eigenvalue weighted by atomic mass is 10.4. The Bertz CT molecular complexity index is 85.0. The first-order valence-electron chi connectivity index (χ1n) is 3.60. The lowest BCUT2D eigenvalue weighted by Crippen LogP contribution is -1.97. The van der Waals surface area contributed by atoms with Gasteiger partial charge in [0.15, 0.2) is 0 Å². The summed E-state index contributed by atoms with van der Waals surface area (Å²) in [6.45, 7) is 3.13. The molecule has 1 saturated carbocycles. The summed E-state index contributed by atoms with van der Waals surface area (Å²) in [5, 5.41) is 0. The molecule has 0 aromatic carbocycles. The molecule has 0 bridgehead atoms. The summed E-state index contributed by atoms with van der Waals surface area (Å²) in [7, 11) is 0. The molecule has 2 atom stereocenters. The van der Waals surface area contributed by atoms with Crippen molar-refractivity contribution in [2.45, 2.75) is 37.1 Å². The van der Waals surface area contributed by atoms with Crippen molar-refractivity contribution in [3.63, 3.8) is 0 Å². The van der Waals surface area contributed by atoms with Gasteiger partial charge in [-0.2, -0.15) is 0 Å². The predicted molar refractivity (Wildman–Crippen MR) is 42.0 cm³/mol. The Hall–Kier alpha value is 0.440. The number of unbranched alkanes of at least 4 members (excludes halogenated alkanes) is 1. The Balaban J connectivity index is 1.83. The SMILES string of the molecule is CCCCO[C@H]1C[C@@H]1Br. The van der Waals surface area contributed by atoms with Crippen LogP contribution >= 0.6 is 15.9 Å². The Labute approximate surface area is 64.9 Å². The summed E-state index contributed by atoms with van der Waals surface area (Å²) < 4.78 is 5.46. The number of hydrogen-bond acceptors (Lipinski definition) is 1. The first-order valence-corrected chi connectivity index (χ1v) is 4.52. The van der Waals surface area contributed by atoms with Crippen molar-refractivity contribution in [3.8, 4) is 0 Å². The first-order chi connectivity index (χ1) is 4.34. The molecule has 0 aliphatic heterocycles. The fourth-order valence-corrected chi connectivity index (χ4v) is 1.22. The van der Waals surface area contributed by atoms with Crippen molar-refractivity contribution in [2.24, 2.45) is 0 Å². The molecule has 0 unspecified atom stereocenters. The van der Waals surface area contributed by atoms with Gasteiger partial charge in [0.25, 0.3) is 0 Å². The van der Waals surface area contributed by atoms with E-state index in [4.69, 9.17) is 4.74 Å². The molecule has 1 fully saturated rings. The average Bonchev–Trinajstić information content (AvgIpc) is 2.48. The highest BCUT2D eigenvalue weighted by molar-refractivity contribution is 9.09. The van der Waals surface area contributed by atoms with Crippen molar-refractivity contribution >= 4 is 15.9 Å². The maximum Gasteiger partial charge on any atom is 0.0712 e. The van der Waals surface area contributed by atoms with Gasteiger partial charge < -0.3 is 4.74 Å². The van der Waals surface area contributed by atoms with Crippen molar-refractivity contribution in [2.75, 3.05) is 6.61 Å². The number of halogens is 1. The number of rotatable bonds is 4. The van der Waals surface area contributed by atoms with Crippen LogP contribution < -0.4 is 0 Å². The van der Waals surface area contributed by atoms with Crippen LogP contribution in [0, 0.1) is 0 Å². The molecule has 1 aliphatic rings. The largest absolute Gasteiger partial charge is 0.377 e. The minimum Gasteiger partial charge on any atom is -0.377 e. The molecule has 1 rings (SSSR count). The van der Waals surface area contributed by atoms with E-state index in [-0.39, 0.29) is 0 Å². The highest BCUT2D eigenvalue weighted by atomic mass is 79.9. The first kappa shape index (κ1) is 7.55. The molecule has 0 amide bonds. The lowest BCUT2D eigenvalue weighted by Gasteiger charge is -1.98. The highest BCUT2D eigenvalue weighted by Gasteiger charge is 2.35. The zero-order chi connectivity index (χ0) is 6.69. The van der Waals surface area contributed by atoms with E-state index in [0.717, 1.165) is 6.61 Å². The van der Waals surface area contributed by atoms with E-state index >= 15 is 0 Å². The Morgan fingerprint density at radius 1 is 1.67 bits per heavy atom. The van der Waals surface area contributed by atoms with Gasteiger partial charge in [-0.1, -0.05) is 29.3 Å². The van der Waals surface area contributed by atoms with Crippen molar-refractivity contribution < 1.29 is 4.74 Å². The summed E-state index contributed by atoms with van der Waals surface area (Å²) in [6.07, 6.45) is 4.19. The van der Waals surface area contributed by atoms with Crippen molar-refractivity contribution in [1.82, 2.24) is 0 Å². The van der Waals surface area contributed by atoms with E-state index in [1.807, 2.05) is 0 Å². The zero-order valence-electron chi connectivity index (χ0n) is 5.77. The van der Waals surface area contributed by atoms with Crippen LogP contribution in [0.15, 0.2) is 0 Å². The van der Waals surface area contributed by atoms with Gasteiger partial charge in [0.05, 0.1) is 6.10 Å². The van der Waals surface area contributed by atoms with Gasteiger partial charge in [-0.3, -0.25) is 0 Å². The van der Waals surface area contributed by atoms with Crippen LogP contribution in [0.5, 0.6) is 0 Å². The fraction of sp³-hybridized carbons (Fsp3) is 1.00. The van der Waals surface area contributed by atoms with Crippen LogP contribution in [-0.4, -0.2) is 17.5 Å². The number of ether oxygens (including phenoxy) is 1. The molecule has 9 heavy (non-hydrogen) atoms. The van der Waals surface area contributed by atoms with Crippen molar-refractivity contribution in [1.29, 1.82) is 0 Å². The van der Waals surface area contributed by atoms with Crippen molar-refractivity contribution in [3.05, 3.63) is 0 Å². The molecule has 54 valence electrons. The third-order valence-electron chi connectivity index (χ3n) is 1.49. The third kappa shape index (κ3) is 2.67. The number of alkyl halides is 1. The molecule has 1 nitrogen and oxygen atoms in total. The molecule has 0 radical (unpaired) electrons. The maximum atomic E-state index is 5.46. The molecule has 0 spiro atoms. The van der Waals surface area contributed by atoms with Crippen LogP contribution in [0.1, 0.15) is 26.2 Å². The second-order valence-electron chi connectivity index (χ2n) is 2.51. The minimum atomic E-state index is 0.538. The third-order valence-corrected chi connectivity index (χ3v) is 2.45. The Morgan fingerprint density at radius 3 is 2.78 bits per heavy atom. The Kier molecular flexibility index (Phi) is 2.99. The quantitative estimate of drug-likeness (QED) is 0.491. The maximum absolute atomic E-state index is 5.46. The fourth-order valence-electron chi connectivity index (χ4n) is 0.695. The standard InChI is InChI=1S/C7H13BrO/c1-2-3-4-9-7-5-6(7)8/h6-7H,2-5H2,1H3/t6-,7-/m0/s1. The summed E-state index contributed by atoms with van der Waals surface area (Å²) in [4.78, 5) is 0.661. The minimum absolute atomic E-state index is 0.538. The second kappa shape index (κ2) is 3.57. The lowest BCUT2D eigenvalue weighted by molar-refractivity contribution is 0.118. The van der Waals surface area contributed by atoms with Crippen LogP contribution in [0.2, 0.25) is 0 Å². The van der Waals surface area contributed by atoms with E-state index in [0.29, 0.717) is 10.9 Å². The molecule has 0 aromatic heterocycles. The second-order valence-corrected chi connectivity index (χ2v) is 3.69. The van der Waals surface area contributed by atoms with Crippen LogP contribution in [0.25, 0.3) is 0 Å². The van der Waals surface area contributed by atoms with Gasteiger partial charge in [0.2, 0.25) is 0 Å². The predicted octanol–water partition coefficient (Wildman–Crippen LogP) is 2.34. The van der Waals surface area contributed by atoms with Gasteiger partial charge in [-0.25, -0.2) is 0 Å². The van der Waals surface area contributed by atoms with Gasteiger partial charge >= 0.3 is 0 Å². The van der Waals surface area contributed by atoms with Crippen LogP contribution in [0.4, 0.5) is 0 Å². The molecular weight excluding hydrogens is 180 g/mol. The van der Waals surface area contributed by atoms with E-state index < -0.39 is 0 Å². The summed E-state index contributed by atoms with van der Waals surface area (Å²) in [5.41, 5.74) is 0. The van der Waals surface area contributed by atoms with Gasteiger partial charge in [-0.15, -0.1) is 0 Å². The van der Waals surface area contributed by atoms with E-state index in [1.54, 1.807) is 0 Å². The summed E-state index contributed by atoms with van der Waals surface area (Å²) in [6, 6.07) is 0. The normalized spacial score (nSPS) is 32.7. The average molecular weight is 193 g/mol. The van der Waals surface area contributed by atoms with Crippen LogP contribution in [-0.2, 0) is 4.74 Å². The molecule has 1 aliphatic carbocycles. The van der Waals surface area contributed by atoms with Gasteiger partial charge in [-0.05, 0) is 12.8 Å². The van der Waals surface area contributed by atoms with E-state index in [1.165, 1.54) is 19.3 Å².